The molecule has 200 valence electrons. The minimum absolute atomic E-state index is 0.00402. The Morgan fingerprint density at radius 2 is 1.52 bits per heavy atom. The van der Waals surface area contributed by atoms with Gasteiger partial charge in [0.15, 0.2) is 0 Å². The Morgan fingerprint density at radius 3 is 2.15 bits per heavy atom. The Kier molecular flexibility index (Phi) is 21.8. The second-order valence-corrected chi connectivity index (χ2v) is 8.33. The molecule has 0 aromatic rings. The summed E-state index contributed by atoms with van der Waals surface area (Å²) in [5.41, 5.74) is -0.370. The van der Waals surface area contributed by atoms with Gasteiger partial charge in [-0.15, -0.1) is 0 Å². The summed E-state index contributed by atoms with van der Waals surface area (Å²) in [6, 6.07) is 0. The first-order valence-corrected chi connectivity index (χ1v) is 11.9. The summed E-state index contributed by atoms with van der Waals surface area (Å²) in [4.78, 5) is 0. The van der Waals surface area contributed by atoms with Gasteiger partial charge in [0, 0.05) is 39.5 Å². The van der Waals surface area contributed by atoms with Crippen LogP contribution in [0.5, 0.6) is 0 Å². The van der Waals surface area contributed by atoms with Crippen LogP contribution in [0.1, 0.15) is 39.0 Å². The van der Waals surface area contributed by atoms with Crippen LogP contribution in [0, 0.1) is 5.41 Å². The van der Waals surface area contributed by atoms with Crippen LogP contribution in [-0.2, 0) is 28.4 Å². The third-order valence-electron chi connectivity index (χ3n) is 5.47. The summed E-state index contributed by atoms with van der Waals surface area (Å²) in [6.45, 7) is 5.08. The normalized spacial score (nSPS) is 16.5. The topological polar surface area (TPSA) is 136 Å². The predicted molar refractivity (Wildman–Crippen MR) is 123 cm³/mol. The standard InChI is InChI=1S/C23H48O10/c1-4-23(18-25,8-5-10-30-12-13-31-15-20(26)7-11-28-2)19-32-17-22(6-9-24)33-16-21(27)14-29-3/h20-22,24-27H,4-19H2,1-3H3. The predicted octanol–water partition coefficient (Wildman–Crippen LogP) is 0.377. The maximum Gasteiger partial charge on any atom is 0.101 e. The molecular formula is C23H48O10. The lowest BCUT2D eigenvalue weighted by molar-refractivity contribution is -0.0864. The molecule has 0 radical (unpaired) electrons. The molecule has 0 aromatic heterocycles. The SMILES string of the molecule is CCC(CO)(CCCOCCOCC(O)CCOC)COCC(CCO)OCC(O)COC. The molecule has 0 rings (SSSR count). The molecule has 0 saturated heterocycles. The summed E-state index contributed by atoms with van der Waals surface area (Å²) >= 11 is 0. The molecule has 10 heteroatoms. The highest BCUT2D eigenvalue weighted by atomic mass is 16.5. The van der Waals surface area contributed by atoms with Gasteiger partial charge in [-0.25, -0.2) is 0 Å². The Bertz CT molecular complexity index is 409. The van der Waals surface area contributed by atoms with Crippen molar-refractivity contribution in [2.75, 3.05) is 86.9 Å². The highest BCUT2D eigenvalue weighted by Crippen LogP contribution is 2.28. The van der Waals surface area contributed by atoms with Gasteiger partial charge in [0.2, 0.25) is 0 Å². The van der Waals surface area contributed by atoms with E-state index in [0.717, 1.165) is 19.3 Å². The van der Waals surface area contributed by atoms with E-state index in [1.807, 2.05) is 6.92 Å². The molecule has 0 aliphatic rings. The summed E-state index contributed by atoms with van der Waals surface area (Å²) in [5.74, 6) is 0. The smallest absolute Gasteiger partial charge is 0.101 e. The Balaban J connectivity index is 4.11. The summed E-state index contributed by atoms with van der Waals surface area (Å²) in [6.07, 6.45) is 1.62. The van der Waals surface area contributed by atoms with Crippen molar-refractivity contribution in [2.24, 2.45) is 5.41 Å². The third kappa shape index (κ3) is 17.7. The molecule has 4 N–H and O–H groups in total. The van der Waals surface area contributed by atoms with E-state index in [1.54, 1.807) is 7.11 Å². The maximum absolute atomic E-state index is 9.97. The van der Waals surface area contributed by atoms with Crippen LogP contribution in [0.4, 0.5) is 0 Å². The zero-order valence-corrected chi connectivity index (χ0v) is 20.8. The van der Waals surface area contributed by atoms with E-state index in [4.69, 9.17) is 28.4 Å². The van der Waals surface area contributed by atoms with E-state index in [0.29, 0.717) is 45.9 Å². The van der Waals surface area contributed by atoms with Gasteiger partial charge in [0.05, 0.1) is 65.1 Å². The molecule has 4 atom stereocenters. The van der Waals surface area contributed by atoms with E-state index >= 15 is 0 Å². The van der Waals surface area contributed by atoms with Gasteiger partial charge in [-0.1, -0.05) is 6.92 Å². The van der Waals surface area contributed by atoms with Gasteiger partial charge in [0.25, 0.3) is 0 Å². The van der Waals surface area contributed by atoms with Gasteiger partial charge in [0.1, 0.15) is 6.10 Å². The number of hydrogen-bond donors (Lipinski definition) is 4. The van der Waals surface area contributed by atoms with Crippen molar-refractivity contribution in [2.45, 2.75) is 57.3 Å². The van der Waals surface area contributed by atoms with Crippen LogP contribution < -0.4 is 0 Å². The monoisotopic (exact) mass is 484 g/mol. The van der Waals surface area contributed by atoms with Crippen molar-refractivity contribution < 1.29 is 48.8 Å². The number of aliphatic hydroxyl groups is 4. The molecule has 0 aromatic carbocycles. The summed E-state index contributed by atoms with van der Waals surface area (Å²) in [7, 11) is 3.10. The first-order valence-electron chi connectivity index (χ1n) is 11.9. The van der Waals surface area contributed by atoms with Gasteiger partial charge >= 0.3 is 0 Å². The van der Waals surface area contributed by atoms with Gasteiger partial charge in [-0.3, -0.25) is 0 Å². The van der Waals surface area contributed by atoms with E-state index < -0.39 is 12.2 Å². The van der Waals surface area contributed by atoms with Crippen LogP contribution in [-0.4, -0.2) is 126 Å². The average Bonchev–Trinajstić information content (AvgIpc) is 2.81. The lowest BCUT2D eigenvalue weighted by atomic mass is 9.82. The highest BCUT2D eigenvalue weighted by molar-refractivity contribution is 4.77. The van der Waals surface area contributed by atoms with Gasteiger partial charge in [-0.05, 0) is 32.1 Å². The van der Waals surface area contributed by atoms with Crippen molar-refractivity contribution in [1.29, 1.82) is 0 Å². The lowest BCUT2D eigenvalue weighted by Gasteiger charge is -2.31. The van der Waals surface area contributed by atoms with Crippen molar-refractivity contribution in [3.05, 3.63) is 0 Å². The zero-order chi connectivity index (χ0) is 24.8. The molecule has 0 fully saturated rings. The fourth-order valence-corrected chi connectivity index (χ4v) is 3.17. The number of aliphatic hydroxyl groups excluding tert-OH is 4. The van der Waals surface area contributed by atoms with E-state index in [2.05, 4.69) is 0 Å². The van der Waals surface area contributed by atoms with Gasteiger partial charge in [-0.2, -0.15) is 0 Å². The number of methoxy groups -OCH3 is 2. The fraction of sp³-hybridized carbons (Fsp3) is 1.00. The zero-order valence-electron chi connectivity index (χ0n) is 20.8. The van der Waals surface area contributed by atoms with E-state index in [1.165, 1.54) is 7.11 Å². The second kappa shape index (κ2) is 22.1. The lowest BCUT2D eigenvalue weighted by Crippen LogP contribution is -2.34. The van der Waals surface area contributed by atoms with E-state index in [-0.39, 0.29) is 51.2 Å². The highest BCUT2D eigenvalue weighted by Gasteiger charge is 2.28. The van der Waals surface area contributed by atoms with Crippen molar-refractivity contribution in [3.8, 4) is 0 Å². The Morgan fingerprint density at radius 1 is 0.758 bits per heavy atom. The van der Waals surface area contributed by atoms with Crippen LogP contribution in [0.3, 0.4) is 0 Å². The van der Waals surface area contributed by atoms with Crippen LogP contribution in [0.25, 0.3) is 0 Å². The average molecular weight is 485 g/mol. The quantitative estimate of drug-likeness (QED) is 0.135. The molecular weight excluding hydrogens is 436 g/mol. The molecule has 0 spiro atoms. The van der Waals surface area contributed by atoms with Crippen LogP contribution in [0.15, 0.2) is 0 Å². The number of rotatable bonds is 25. The van der Waals surface area contributed by atoms with Crippen LogP contribution >= 0.6 is 0 Å². The summed E-state index contributed by atoms with van der Waals surface area (Å²) < 4.78 is 32.2. The van der Waals surface area contributed by atoms with Crippen LogP contribution in [0.2, 0.25) is 0 Å². The van der Waals surface area contributed by atoms with Crippen molar-refractivity contribution in [1.82, 2.24) is 0 Å². The fourth-order valence-electron chi connectivity index (χ4n) is 3.17. The molecule has 0 amide bonds. The molecule has 10 nitrogen and oxygen atoms in total. The molecule has 0 aliphatic heterocycles. The number of hydrogen-bond acceptors (Lipinski definition) is 10. The molecule has 33 heavy (non-hydrogen) atoms. The largest absolute Gasteiger partial charge is 0.396 e. The maximum atomic E-state index is 9.97. The first kappa shape index (κ1) is 32.6. The Labute approximate surface area is 199 Å². The van der Waals surface area contributed by atoms with Gasteiger partial charge < -0.3 is 48.8 Å². The second-order valence-electron chi connectivity index (χ2n) is 8.33. The molecule has 0 heterocycles. The van der Waals surface area contributed by atoms with Crippen molar-refractivity contribution in [3.63, 3.8) is 0 Å². The summed E-state index contributed by atoms with van der Waals surface area (Å²) in [5, 5.41) is 38.6. The van der Waals surface area contributed by atoms with Crippen molar-refractivity contribution >= 4 is 0 Å². The first-order chi connectivity index (χ1) is 16.0. The third-order valence-corrected chi connectivity index (χ3v) is 5.47. The molecule has 0 bridgehead atoms. The minimum atomic E-state index is -0.727. The molecule has 0 aliphatic carbocycles. The molecule has 4 unspecified atom stereocenters. The number of ether oxygens (including phenoxy) is 6. The minimum Gasteiger partial charge on any atom is -0.396 e. The molecule has 0 saturated carbocycles. The van der Waals surface area contributed by atoms with E-state index in [9.17, 15) is 20.4 Å². The Hall–Kier alpha value is -0.400.